The molecule has 0 saturated carbocycles. The Morgan fingerprint density at radius 1 is 1.00 bits per heavy atom. The predicted octanol–water partition coefficient (Wildman–Crippen LogP) is 4.36. The Bertz CT molecular complexity index is 828. The molecule has 4 nitrogen and oxygen atoms in total. The molecule has 0 N–H and O–H groups in total. The lowest BCUT2D eigenvalue weighted by Crippen LogP contribution is -2.36. The van der Waals surface area contributed by atoms with E-state index in [0.29, 0.717) is 17.9 Å². The number of carbonyl (C=O) groups is 2. The van der Waals surface area contributed by atoms with E-state index in [1.54, 1.807) is 0 Å². The van der Waals surface area contributed by atoms with Gasteiger partial charge in [0.15, 0.2) is 0 Å². The molecule has 0 aliphatic carbocycles. The molecule has 2 heterocycles. The first-order valence-electron chi connectivity index (χ1n) is 9.46. The summed E-state index contributed by atoms with van der Waals surface area (Å²) in [6, 6.07) is 15.7. The van der Waals surface area contributed by atoms with Gasteiger partial charge in [-0.1, -0.05) is 25.1 Å². The average molecular weight is 348 g/mol. The lowest BCUT2D eigenvalue weighted by atomic mass is 9.91. The molecule has 0 bridgehead atoms. The predicted molar refractivity (Wildman–Crippen MR) is 104 cm³/mol. The Hall–Kier alpha value is -2.62. The van der Waals surface area contributed by atoms with Crippen LogP contribution in [0.15, 0.2) is 48.5 Å². The summed E-state index contributed by atoms with van der Waals surface area (Å²) in [7, 11) is 0. The molecule has 0 aromatic heterocycles. The van der Waals surface area contributed by atoms with Crippen molar-refractivity contribution in [3.05, 3.63) is 59.7 Å². The van der Waals surface area contributed by atoms with Gasteiger partial charge in [0.05, 0.1) is 0 Å². The first-order valence-corrected chi connectivity index (χ1v) is 9.46. The minimum atomic E-state index is 0.0286. The second-order valence-corrected chi connectivity index (χ2v) is 7.25. The molecule has 1 unspecified atom stereocenters. The van der Waals surface area contributed by atoms with E-state index in [9.17, 15) is 9.59 Å². The standard InChI is InChI=1S/C22H24N2O2/c1-16-13-15-24(20-7-3-2-6-19(16)20)22(26)17-9-11-18(12-10-17)23-14-5-4-8-21(23)25/h2-3,6-7,9-12,16H,4-5,8,13-15H2,1H3. The zero-order valence-corrected chi connectivity index (χ0v) is 15.1. The van der Waals surface area contributed by atoms with Crippen LogP contribution < -0.4 is 9.80 Å². The van der Waals surface area contributed by atoms with Gasteiger partial charge in [-0.15, -0.1) is 0 Å². The fraction of sp³-hybridized carbons (Fsp3) is 0.364. The van der Waals surface area contributed by atoms with Gasteiger partial charge in [0.25, 0.3) is 5.91 Å². The fourth-order valence-electron chi connectivity index (χ4n) is 3.98. The van der Waals surface area contributed by atoms with Gasteiger partial charge >= 0.3 is 0 Å². The van der Waals surface area contributed by atoms with Gasteiger partial charge in [0.1, 0.15) is 0 Å². The number of piperidine rings is 1. The van der Waals surface area contributed by atoms with E-state index in [1.165, 1.54) is 5.56 Å². The van der Waals surface area contributed by atoms with Gasteiger partial charge in [-0.3, -0.25) is 9.59 Å². The van der Waals surface area contributed by atoms with Crippen LogP contribution in [-0.2, 0) is 4.79 Å². The van der Waals surface area contributed by atoms with Gasteiger partial charge in [-0.25, -0.2) is 0 Å². The Morgan fingerprint density at radius 2 is 1.77 bits per heavy atom. The quantitative estimate of drug-likeness (QED) is 0.809. The summed E-state index contributed by atoms with van der Waals surface area (Å²) < 4.78 is 0. The molecule has 0 radical (unpaired) electrons. The molecular weight excluding hydrogens is 324 g/mol. The molecule has 2 amide bonds. The molecule has 2 aromatic rings. The summed E-state index contributed by atoms with van der Waals surface area (Å²) in [5.41, 5.74) is 3.82. The normalized spacial score (nSPS) is 20.0. The molecule has 0 spiro atoms. The molecule has 26 heavy (non-hydrogen) atoms. The number of carbonyl (C=O) groups excluding carboxylic acids is 2. The summed E-state index contributed by atoms with van der Waals surface area (Å²) in [4.78, 5) is 28.9. The van der Waals surface area contributed by atoms with Crippen LogP contribution in [0.1, 0.15) is 54.4 Å². The van der Waals surface area contributed by atoms with Crippen LogP contribution in [0.4, 0.5) is 11.4 Å². The largest absolute Gasteiger partial charge is 0.312 e. The third-order valence-electron chi connectivity index (χ3n) is 5.54. The molecule has 2 aliphatic rings. The van der Waals surface area contributed by atoms with Crippen molar-refractivity contribution in [2.24, 2.45) is 0 Å². The SMILES string of the molecule is CC1CCN(C(=O)c2ccc(N3CCCCC3=O)cc2)c2ccccc21. The molecule has 4 heteroatoms. The monoisotopic (exact) mass is 348 g/mol. The van der Waals surface area contributed by atoms with Crippen LogP contribution in [0.5, 0.6) is 0 Å². The van der Waals surface area contributed by atoms with E-state index < -0.39 is 0 Å². The molecule has 2 aliphatic heterocycles. The Labute approximate surface area is 154 Å². The maximum absolute atomic E-state index is 13.1. The minimum absolute atomic E-state index is 0.0286. The first kappa shape index (κ1) is 16.8. The molecule has 1 saturated heterocycles. The maximum atomic E-state index is 13.1. The van der Waals surface area contributed by atoms with Crippen LogP contribution in [-0.4, -0.2) is 24.9 Å². The highest BCUT2D eigenvalue weighted by molar-refractivity contribution is 6.07. The number of rotatable bonds is 2. The molecule has 1 fully saturated rings. The Balaban J connectivity index is 1.57. The zero-order valence-electron chi connectivity index (χ0n) is 15.1. The number of anilines is 2. The third-order valence-corrected chi connectivity index (χ3v) is 5.54. The third kappa shape index (κ3) is 3.00. The van der Waals surface area contributed by atoms with Crippen molar-refractivity contribution in [2.75, 3.05) is 22.9 Å². The van der Waals surface area contributed by atoms with Crippen molar-refractivity contribution < 1.29 is 9.59 Å². The number of benzene rings is 2. The van der Waals surface area contributed by atoms with Crippen LogP contribution in [0, 0.1) is 0 Å². The van der Waals surface area contributed by atoms with E-state index in [-0.39, 0.29) is 11.8 Å². The van der Waals surface area contributed by atoms with Gasteiger partial charge < -0.3 is 9.80 Å². The lowest BCUT2D eigenvalue weighted by molar-refractivity contribution is -0.119. The highest BCUT2D eigenvalue weighted by Crippen LogP contribution is 2.35. The van der Waals surface area contributed by atoms with Crippen molar-refractivity contribution in [1.82, 2.24) is 0 Å². The van der Waals surface area contributed by atoms with Gasteiger partial charge in [0.2, 0.25) is 5.91 Å². The summed E-state index contributed by atoms with van der Waals surface area (Å²) in [5, 5.41) is 0. The second-order valence-electron chi connectivity index (χ2n) is 7.25. The summed E-state index contributed by atoms with van der Waals surface area (Å²) in [5.74, 6) is 0.679. The van der Waals surface area contributed by atoms with Crippen molar-refractivity contribution in [1.29, 1.82) is 0 Å². The van der Waals surface area contributed by atoms with Crippen LogP contribution in [0.3, 0.4) is 0 Å². The summed E-state index contributed by atoms with van der Waals surface area (Å²) in [6.45, 7) is 3.72. The molecule has 134 valence electrons. The number of hydrogen-bond donors (Lipinski definition) is 0. The van der Waals surface area contributed by atoms with Crippen LogP contribution >= 0.6 is 0 Å². The molecule has 2 aromatic carbocycles. The molecule has 4 rings (SSSR count). The van der Waals surface area contributed by atoms with Gasteiger partial charge in [-0.2, -0.15) is 0 Å². The smallest absolute Gasteiger partial charge is 0.258 e. The van der Waals surface area contributed by atoms with E-state index in [4.69, 9.17) is 0 Å². The van der Waals surface area contributed by atoms with Crippen molar-refractivity contribution in [3.8, 4) is 0 Å². The topological polar surface area (TPSA) is 40.6 Å². The average Bonchev–Trinajstić information content (AvgIpc) is 2.69. The highest BCUT2D eigenvalue weighted by Gasteiger charge is 2.27. The lowest BCUT2D eigenvalue weighted by Gasteiger charge is -2.33. The number of fused-ring (bicyclic) bond motifs is 1. The minimum Gasteiger partial charge on any atom is -0.312 e. The van der Waals surface area contributed by atoms with Crippen LogP contribution in [0.25, 0.3) is 0 Å². The molecule has 1 atom stereocenters. The van der Waals surface area contributed by atoms with Crippen molar-refractivity contribution in [2.45, 2.75) is 38.5 Å². The van der Waals surface area contributed by atoms with Crippen LogP contribution in [0.2, 0.25) is 0 Å². The fourth-order valence-corrected chi connectivity index (χ4v) is 3.98. The number of hydrogen-bond acceptors (Lipinski definition) is 2. The van der Waals surface area contributed by atoms with E-state index in [2.05, 4.69) is 13.0 Å². The first-order chi connectivity index (χ1) is 12.6. The maximum Gasteiger partial charge on any atom is 0.258 e. The number of nitrogens with zero attached hydrogens (tertiary/aromatic N) is 2. The molecular formula is C22H24N2O2. The van der Waals surface area contributed by atoms with Crippen molar-refractivity contribution >= 4 is 23.2 Å². The number of amides is 2. The van der Waals surface area contributed by atoms with Gasteiger partial charge in [-0.05, 0) is 61.1 Å². The van der Waals surface area contributed by atoms with E-state index >= 15 is 0 Å². The highest BCUT2D eigenvalue weighted by atomic mass is 16.2. The van der Waals surface area contributed by atoms with E-state index in [1.807, 2.05) is 52.3 Å². The summed E-state index contributed by atoms with van der Waals surface area (Å²) in [6.07, 6.45) is 3.60. The Morgan fingerprint density at radius 3 is 2.54 bits per heavy atom. The van der Waals surface area contributed by atoms with E-state index in [0.717, 1.165) is 43.7 Å². The van der Waals surface area contributed by atoms with Gasteiger partial charge in [0, 0.05) is 36.4 Å². The zero-order chi connectivity index (χ0) is 18.1. The van der Waals surface area contributed by atoms with Crippen molar-refractivity contribution in [3.63, 3.8) is 0 Å². The second kappa shape index (κ2) is 6.94. The summed E-state index contributed by atoms with van der Waals surface area (Å²) >= 11 is 0. The number of para-hydroxylation sites is 1. The Kier molecular flexibility index (Phi) is 4.49.